The Morgan fingerprint density at radius 3 is 2.23 bits per heavy atom. The van der Waals surface area contributed by atoms with Crippen LogP contribution in [-0.4, -0.2) is 29.3 Å². The minimum Gasteiger partial charge on any atom is -0.322 e. The van der Waals surface area contributed by atoms with Gasteiger partial charge in [0.25, 0.3) is 11.8 Å². The van der Waals surface area contributed by atoms with Crippen molar-refractivity contribution in [2.24, 2.45) is 0 Å². The Hall–Kier alpha value is -5.56. The van der Waals surface area contributed by atoms with Crippen molar-refractivity contribution in [2.75, 3.05) is 21.7 Å². The van der Waals surface area contributed by atoms with Crippen LogP contribution in [0, 0.1) is 6.92 Å². The largest absolute Gasteiger partial charge is 0.322 e. The first-order valence-corrected chi connectivity index (χ1v) is 14.2. The fourth-order valence-electron chi connectivity index (χ4n) is 5.42. The number of hydrogen-bond acceptors (Lipinski definition) is 4. The number of anilines is 3. The van der Waals surface area contributed by atoms with Crippen molar-refractivity contribution < 1.29 is 14.4 Å². The van der Waals surface area contributed by atoms with Crippen LogP contribution in [0.15, 0.2) is 122 Å². The Labute approximate surface area is 250 Å². The first-order chi connectivity index (χ1) is 21.0. The van der Waals surface area contributed by atoms with Crippen LogP contribution in [0.1, 0.15) is 38.3 Å². The second-order valence-corrected chi connectivity index (χ2v) is 10.4. The van der Waals surface area contributed by atoms with Gasteiger partial charge in [-0.25, -0.2) is 0 Å². The lowest BCUT2D eigenvalue weighted by Crippen LogP contribution is -2.32. The molecule has 0 unspecified atom stereocenters. The summed E-state index contributed by atoms with van der Waals surface area (Å²) in [6, 6.07) is 33.6. The number of aromatic nitrogens is 1. The number of carbonyl (C=O) groups is 3. The van der Waals surface area contributed by atoms with Gasteiger partial charge >= 0.3 is 0 Å². The highest BCUT2D eigenvalue weighted by Crippen LogP contribution is 2.35. The molecule has 212 valence electrons. The van der Waals surface area contributed by atoms with Gasteiger partial charge < -0.3 is 15.1 Å². The highest BCUT2D eigenvalue weighted by molar-refractivity contribution is 6.12. The molecule has 43 heavy (non-hydrogen) atoms. The van der Waals surface area contributed by atoms with Crippen molar-refractivity contribution in [3.8, 4) is 11.1 Å². The van der Waals surface area contributed by atoms with E-state index < -0.39 is 0 Å². The Bertz CT molecular complexity index is 1800. The fourth-order valence-corrected chi connectivity index (χ4v) is 5.42. The van der Waals surface area contributed by atoms with E-state index in [-0.39, 0.29) is 30.7 Å². The Morgan fingerprint density at radius 2 is 1.49 bits per heavy atom. The molecule has 7 nitrogen and oxygen atoms in total. The van der Waals surface area contributed by atoms with Crippen molar-refractivity contribution in [1.29, 1.82) is 0 Å². The van der Waals surface area contributed by atoms with Crippen LogP contribution >= 0.6 is 0 Å². The Balaban J connectivity index is 1.22. The first kappa shape index (κ1) is 27.6. The molecule has 0 radical (unpaired) electrons. The van der Waals surface area contributed by atoms with Crippen molar-refractivity contribution in [3.63, 3.8) is 0 Å². The van der Waals surface area contributed by atoms with E-state index in [0.717, 1.165) is 22.3 Å². The van der Waals surface area contributed by atoms with E-state index >= 15 is 0 Å². The number of hydrogen-bond donors (Lipinski definition) is 1. The van der Waals surface area contributed by atoms with Crippen LogP contribution in [0.4, 0.5) is 17.1 Å². The van der Waals surface area contributed by atoms with Crippen molar-refractivity contribution in [3.05, 3.63) is 144 Å². The highest BCUT2D eigenvalue weighted by atomic mass is 16.2. The average Bonchev–Trinajstić information content (AvgIpc) is 3.18. The number of amides is 3. The lowest BCUT2D eigenvalue weighted by Gasteiger charge is -2.25. The Morgan fingerprint density at radius 1 is 0.791 bits per heavy atom. The van der Waals surface area contributed by atoms with Crippen LogP contribution in [0.5, 0.6) is 0 Å². The van der Waals surface area contributed by atoms with E-state index in [9.17, 15) is 14.4 Å². The number of benzene rings is 4. The maximum absolute atomic E-state index is 13.8. The summed E-state index contributed by atoms with van der Waals surface area (Å²) in [5.74, 6) is -0.506. The fraction of sp³-hybridized carbons (Fsp3) is 0.111. The molecule has 3 amide bonds. The topological polar surface area (TPSA) is 82.6 Å². The maximum atomic E-state index is 13.8. The van der Waals surface area contributed by atoms with Gasteiger partial charge in [0.05, 0.1) is 17.9 Å². The summed E-state index contributed by atoms with van der Waals surface area (Å²) in [6.07, 6.45) is 3.63. The molecule has 0 saturated carbocycles. The van der Waals surface area contributed by atoms with Gasteiger partial charge in [-0.15, -0.1) is 0 Å². The molecule has 0 aliphatic carbocycles. The zero-order chi connectivity index (χ0) is 29.8. The third-order valence-electron chi connectivity index (χ3n) is 7.62. The molecule has 0 saturated heterocycles. The van der Waals surface area contributed by atoms with Gasteiger partial charge in [-0.2, -0.15) is 0 Å². The van der Waals surface area contributed by atoms with Gasteiger partial charge in [-0.3, -0.25) is 19.4 Å². The zero-order valence-corrected chi connectivity index (χ0v) is 23.7. The second-order valence-electron chi connectivity index (χ2n) is 10.4. The normalized spacial score (nSPS) is 12.8. The Kier molecular flexibility index (Phi) is 7.78. The molecule has 5 aromatic rings. The number of aryl methyl sites for hydroxylation is 1. The van der Waals surface area contributed by atoms with Crippen LogP contribution in [-0.2, 0) is 11.3 Å². The summed E-state index contributed by atoms with van der Waals surface area (Å²) in [6.45, 7) is 2.65. The third kappa shape index (κ3) is 5.78. The van der Waals surface area contributed by atoms with E-state index in [2.05, 4.69) is 10.3 Å². The highest BCUT2D eigenvalue weighted by Gasteiger charge is 2.30. The molecule has 2 heterocycles. The molecule has 0 atom stereocenters. The number of para-hydroxylation sites is 2. The molecule has 4 aromatic carbocycles. The van der Waals surface area contributed by atoms with Gasteiger partial charge in [-0.05, 0) is 77.7 Å². The monoisotopic (exact) mass is 566 g/mol. The quantitative estimate of drug-likeness (QED) is 0.243. The maximum Gasteiger partial charge on any atom is 0.258 e. The molecule has 1 N–H and O–H groups in total. The summed E-state index contributed by atoms with van der Waals surface area (Å²) in [5.41, 5.74) is 6.81. The van der Waals surface area contributed by atoms with Crippen LogP contribution in [0.25, 0.3) is 11.1 Å². The third-order valence-corrected chi connectivity index (χ3v) is 7.62. The predicted molar refractivity (Wildman–Crippen MR) is 169 cm³/mol. The van der Waals surface area contributed by atoms with E-state index in [1.807, 2.05) is 91.9 Å². The van der Waals surface area contributed by atoms with E-state index in [4.69, 9.17) is 0 Å². The zero-order valence-electron chi connectivity index (χ0n) is 23.7. The lowest BCUT2D eigenvalue weighted by atomic mass is 9.95. The average molecular weight is 567 g/mol. The van der Waals surface area contributed by atoms with Crippen LogP contribution < -0.4 is 15.1 Å². The summed E-state index contributed by atoms with van der Waals surface area (Å²) in [4.78, 5) is 47.9. The number of fused-ring (bicyclic) bond motifs is 1. The van der Waals surface area contributed by atoms with Gasteiger partial charge in [0.2, 0.25) is 5.91 Å². The second kappa shape index (κ2) is 12.1. The van der Waals surface area contributed by atoms with Gasteiger partial charge in [0, 0.05) is 42.2 Å². The van der Waals surface area contributed by atoms with Gasteiger partial charge in [-0.1, -0.05) is 60.7 Å². The molecular weight excluding hydrogens is 536 g/mol. The number of nitrogens with zero attached hydrogens (tertiary/aromatic N) is 3. The SMILES string of the molecule is Cc1ccccc1-c1ccccc1C(=O)Nc1ccc(C(=O)N2CCC(=O)N(Cc3cccnc3)c3ccccc32)cc1. The summed E-state index contributed by atoms with van der Waals surface area (Å²) in [5, 5.41) is 2.97. The summed E-state index contributed by atoms with van der Waals surface area (Å²) in [7, 11) is 0. The molecule has 6 rings (SSSR count). The summed E-state index contributed by atoms with van der Waals surface area (Å²) < 4.78 is 0. The lowest BCUT2D eigenvalue weighted by molar-refractivity contribution is -0.118. The number of pyridine rings is 1. The molecule has 1 aliphatic heterocycles. The molecule has 0 spiro atoms. The first-order valence-electron chi connectivity index (χ1n) is 14.2. The van der Waals surface area contributed by atoms with E-state index in [1.165, 1.54) is 0 Å². The minimum absolute atomic E-state index is 0.0596. The number of carbonyl (C=O) groups excluding carboxylic acids is 3. The van der Waals surface area contributed by atoms with Crippen LogP contribution in [0.3, 0.4) is 0 Å². The number of rotatable bonds is 6. The van der Waals surface area contributed by atoms with E-state index in [0.29, 0.717) is 34.7 Å². The molecule has 1 aliphatic rings. The standard InChI is InChI=1S/C36H30N4O3/c1-25-9-2-3-11-29(25)30-12-4-5-13-31(30)35(42)38-28-18-16-27(17-19-28)36(43)39-22-20-34(41)40(24-26-10-8-21-37-23-26)33-15-7-6-14-32(33)39/h2-19,21,23H,20,22,24H2,1H3,(H,38,42). The van der Waals surface area contributed by atoms with Crippen molar-refractivity contribution in [2.45, 2.75) is 19.9 Å². The van der Waals surface area contributed by atoms with Gasteiger partial charge in [0.1, 0.15) is 0 Å². The summed E-state index contributed by atoms with van der Waals surface area (Å²) >= 11 is 0. The molecule has 0 bridgehead atoms. The minimum atomic E-state index is -0.230. The van der Waals surface area contributed by atoms with Gasteiger partial charge in [0.15, 0.2) is 0 Å². The molecule has 0 fully saturated rings. The smallest absolute Gasteiger partial charge is 0.258 e. The van der Waals surface area contributed by atoms with Crippen molar-refractivity contribution >= 4 is 34.8 Å². The van der Waals surface area contributed by atoms with Crippen LogP contribution in [0.2, 0.25) is 0 Å². The molecule has 7 heteroatoms. The molecular formula is C36H30N4O3. The van der Waals surface area contributed by atoms with Crippen molar-refractivity contribution in [1.82, 2.24) is 4.98 Å². The van der Waals surface area contributed by atoms with E-state index in [1.54, 1.807) is 46.5 Å². The predicted octanol–water partition coefficient (Wildman–Crippen LogP) is 6.89. The number of nitrogens with one attached hydrogen (secondary N) is 1. The molecule has 1 aromatic heterocycles.